The second-order valence-corrected chi connectivity index (χ2v) is 11.8. The molecule has 0 radical (unpaired) electrons. The summed E-state index contributed by atoms with van der Waals surface area (Å²) in [6.45, 7) is 9.95. The number of anilines is 1. The molecule has 0 saturated carbocycles. The summed E-state index contributed by atoms with van der Waals surface area (Å²) in [5.74, 6) is -0.410. The van der Waals surface area contributed by atoms with Gasteiger partial charge in [-0.25, -0.2) is 8.42 Å². The fourth-order valence-electron chi connectivity index (χ4n) is 3.97. The van der Waals surface area contributed by atoms with Gasteiger partial charge in [-0.1, -0.05) is 36.7 Å². The van der Waals surface area contributed by atoms with Crippen LogP contribution in [0.25, 0.3) is 0 Å². The third kappa shape index (κ3) is 8.52. The number of hydrogen-bond acceptors (Lipinski definition) is 4. The number of aryl methyl sites for hydroxylation is 2. The van der Waals surface area contributed by atoms with Gasteiger partial charge in [0.15, 0.2) is 0 Å². The molecule has 0 heterocycles. The molecule has 0 fully saturated rings. The number of carbonyl (C=O) groups excluding carboxylic acids is 2. The van der Waals surface area contributed by atoms with Crippen LogP contribution in [0.15, 0.2) is 42.5 Å². The minimum absolute atomic E-state index is 0.0553. The molecule has 0 saturated heterocycles. The number of hydrogen-bond donors (Lipinski definition) is 1. The fraction of sp³-hybridized carbons (Fsp3) is 0.481. The van der Waals surface area contributed by atoms with Gasteiger partial charge in [-0.15, -0.1) is 0 Å². The lowest BCUT2D eigenvalue weighted by molar-refractivity contribution is -0.141. The number of benzene rings is 2. The molecule has 0 spiro atoms. The molecule has 0 unspecified atom stereocenters. The van der Waals surface area contributed by atoms with E-state index in [1.807, 2.05) is 58.9 Å². The molecule has 9 heteroatoms. The zero-order chi connectivity index (χ0) is 27.0. The second kappa shape index (κ2) is 13.1. The minimum atomic E-state index is -3.53. The summed E-state index contributed by atoms with van der Waals surface area (Å²) in [6.07, 6.45) is 2.05. The van der Waals surface area contributed by atoms with Gasteiger partial charge in [0.25, 0.3) is 0 Å². The number of nitrogens with one attached hydrogen (secondary N) is 1. The topological polar surface area (TPSA) is 86.8 Å². The summed E-state index contributed by atoms with van der Waals surface area (Å²) < 4.78 is 26.4. The number of rotatable bonds is 12. The zero-order valence-electron chi connectivity index (χ0n) is 22.0. The molecule has 2 amide bonds. The Hall–Kier alpha value is -2.58. The lowest BCUT2D eigenvalue weighted by atomic mass is 10.1. The molecule has 2 aromatic rings. The van der Waals surface area contributed by atoms with E-state index in [0.717, 1.165) is 16.7 Å². The lowest BCUT2D eigenvalue weighted by Crippen LogP contribution is -2.50. The molecule has 2 rings (SSSR count). The maximum atomic E-state index is 13.4. The Labute approximate surface area is 220 Å². The quantitative estimate of drug-likeness (QED) is 0.421. The number of sulfonamides is 1. The highest BCUT2D eigenvalue weighted by molar-refractivity contribution is 7.92. The first-order valence-corrected chi connectivity index (χ1v) is 14.4. The van der Waals surface area contributed by atoms with Gasteiger partial charge >= 0.3 is 0 Å². The summed E-state index contributed by atoms with van der Waals surface area (Å²) in [7, 11) is -3.53. The van der Waals surface area contributed by atoms with Gasteiger partial charge in [0.1, 0.15) is 6.04 Å². The highest BCUT2D eigenvalue weighted by atomic mass is 35.5. The van der Waals surface area contributed by atoms with Crippen LogP contribution in [-0.2, 0) is 26.2 Å². The fourth-order valence-corrected chi connectivity index (χ4v) is 5.05. The van der Waals surface area contributed by atoms with E-state index < -0.39 is 16.1 Å². The van der Waals surface area contributed by atoms with Crippen LogP contribution in [0.2, 0.25) is 5.02 Å². The monoisotopic (exact) mass is 535 g/mol. The van der Waals surface area contributed by atoms with E-state index in [2.05, 4.69) is 5.32 Å². The van der Waals surface area contributed by atoms with Gasteiger partial charge in [0.05, 0.1) is 11.9 Å². The Bertz CT molecular complexity index is 1150. The average molecular weight is 536 g/mol. The van der Waals surface area contributed by atoms with Crippen LogP contribution in [0.1, 0.15) is 56.7 Å². The van der Waals surface area contributed by atoms with Crippen LogP contribution >= 0.6 is 11.6 Å². The molecule has 0 aromatic heterocycles. The Balaban J connectivity index is 2.22. The summed E-state index contributed by atoms with van der Waals surface area (Å²) in [5.41, 5.74) is 3.50. The number of nitrogens with zero attached hydrogens (tertiary/aromatic N) is 2. The maximum absolute atomic E-state index is 13.4. The first kappa shape index (κ1) is 29.6. The van der Waals surface area contributed by atoms with Crippen LogP contribution in [0.5, 0.6) is 0 Å². The highest BCUT2D eigenvalue weighted by Gasteiger charge is 2.29. The van der Waals surface area contributed by atoms with Crippen molar-refractivity contribution in [2.75, 3.05) is 17.1 Å². The molecule has 1 N–H and O–H groups in total. The van der Waals surface area contributed by atoms with Crippen molar-refractivity contribution in [1.82, 2.24) is 10.2 Å². The molecule has 36 heavy (non-hydrogen) atoms. The van der Waals surface area contributed by atoms with Crippen molar-refractivity contribution in [1.29, 1.82) is 0 Å². The van der Waals surface area contributed by atoms with E-state index in [4.69, 9.17) is 11.6 Å². The van der Waals surface area contributed by atoms with Crippen molar-refractivity contribution in [3.8, 4) is 0 Å². The highest BCUT2D eigenvalue weighted by Crippen LogP contribution is 2.22. The van der Waals surface area contributed by atoms with E-state index in [9.17, 15) is 18.0 Å². The number of amides is 2. The summed E-state index contributed by atoms with van der Waals surface area (Å²) in [5, 5.41) is 3.50. The first-order valence-electron chi connectivity index (χ1n) is 12.2. The Morgan fingerprint density at radius 2 is 1.67 bits per heavy atom. The van der Waals surface area contributed by atoms with Crippen LogP contribution in [0.4, 0.5) is 5.69 Å². The molecule has 0 aliphatic heterocycles. The molecule has 1 atom stereocenters. The van der Waals surface area contributed by atoms with Crippen molar-refractivity contribution >= 4 is 39.1 Å². The van der Waals surface area contributed by atoms with Gasteiger partial charge in [-0.05, 0) is 81.5 Å². The van der Waals surface area contributed by atoms with Crippen molar-refractivity contribution < 1.29 is 18.0 Å². The van der Waals surface area contributed by atoms with E-state index >= 15 is 0 Å². The standard InChI is InChI=1S/C27H38ClN3O4S/c1-7-25(27(33)29-19(2)3)30(18-22-11-13-23(28)14-12-22)26(32)9-8-16-31(36(6,34)35)24-15-10-20(4)21(5)17-24/h10-15,17,19,25H,7-9,16,18H2,1-6H3,(H,29,33)/t25-/m0/s1. The normalized spacial score (nSPS) is 12.3. The van der Waals surface area contributed by atoms with Gasteiger partial charge < -0.3 is 10.2 Å². The van der Waals surface area contributed by atoms with Crippen LogP contribution < -0.4 is 9.62 Å². The minimum Gasteiger partial charge on any atom is -0.352 e. The molecule has 7 nitrogen and oxygen atoms in total. The Kier molecular flexibility index (Phi) is 10.8. The molecule has 2 aromatic carbocycles. The number of halogens is 1. The largest absolute Gasteiger partial charge is 0.352 e. The van der Waals surface area contributed by atoms with Gasteiger partial charge in [-0.2, -0.15) is 0 Å². The molecule has 198 valence electrons. The van der Waals surface area contributed by atoms with Crippen molar-refractivity contribution in [3.63, 3.8) is 0 Å². The van der Waals surface area contributed by atoms with Crippen molar-refractivity contribution in [2.24, 2.45) is 0 Å². The Morgan fingerprint density at radius 1 is 1.03 bits per heavy atom. The summed E-state index contributed by atoms with van der Waals surface area (Å²) in [6, 6.07) is 12.0. The summed E-state index contributed by atoms with van der Waals surface area (Å²) in [4.78, 5) is 27.9. The summed E-state index contributed by atoms with van der Waals surface area (Å²) >= 11 is 6.01. The van der Waals surface area contributed by atoms with E-state index in [1.54, 1.807) is 23.1 Å². The molecular formula is C27H38ClN3O4S. The first-order chi connectivity index (χ1) is 16.8. The third-order valence-corrected chi connectivity index (χ3v) is 7.46. The van der Waals surface area contributed by atoms with E-state index in [-0.39, 0.29) is 37.4 Å². The third-order valence-electron chi connectivity index (χ3n) is 6.01. The molecular weight excluding hydrogens is 498 g/mol. The average Bonchev–Trinajstić information content (AvgIpc) is 2.78. The number of carbonyl (C=O) groups is 2. The van der Waals surface area contributed by atoms with E-state index in [1.165, 1.54) is 10.6 Å². The van der Waals surface area contributed by atoms with Crippen LogP contribution in [0, 0.1) is 13.8 Å². The smallest absolute Gasteiger partial charge is 0.243 e. The molecule has 0 bridgehead atoms. The van der Waals surface area contributed by atoms with Gasteiger partial charge in [-0.3, -0.25) is 13.9 Å². The van der Waals surface area contributed by atoms with Gasteiger partial charge in [0.2, 0.25) is 21.8 Å². The van der Waals surface area contributed by atoms with Crippen LogP contribution in [0.3, 0.4) is 0 Å². The molecule has 0 aliphatic carbocycles. The Morgan fingerprint density at radius 3 is 2.19 bits per heavy atom. The van der Waals surface area contributed by atoms with Crippen molar-refractivity contribution in [3.05, 3.63) is 64.2 Å². The predicted molar refractivity (Wildman–Crippen MR) is 147 cm³/mol. The molecule has 0 aliphatic rings. The SMILES string of the molecule is CC[C@@H](C(=O)NC(C)C)N(Cc1ccc(Cl)cc1)C(=O)CCCN(c1ccc(C)c(C)c1)S(C)(=O)=O. The lowest BCUT2D eigenvalue weighted by Gasteiger charge is -2.31. The maximum Gasteiger partial charge on any atom is 0.243 e. The van der Waals surface area contributed by atoms with E-state index in [0.29, 0.717) is 23.6 Å². The van der Waals surface area contributed by atoms with Crippen LogP contribution in [-0.4, -0.2) is 50.0 Å². The zero-order valence-corrected chi connectivity index (χ0v) is 23.6. The van der Waals surface area contributed by atoms with Gasteiger partial charge in [0, 0.05) is 30.6 Å². The van der Waals surface area contributed by atoms with Crippen molar-refractivity contribution in [2.45, 2.75) is 72.5 Å². The second-order valence-electron chi connectivity index (χ2n) is 9.44. The predicted octanol–water partition coefficient (Wildman–Crippen LogP) is 4.84.